The molecule has 1 unspecified atom stereocenters. The van der Waals surface area contributed by atoms with Crippen LogP contribution < -0.4 is 0 Å². The Hall–Kier alpha value is -2.00. The number of rotatable bonds is 9. The molecule has 2 aliphatic carbocycles. The molecule has 1 atom stereocenters. The van der Waals surface area contributed by atoms with Crippen LogP contribution in [0.2, 0.25) is 0 Å². The molecule has 2 aliphatic rings. The van der Waals surface area contributed by atoms with Crippen LogP contribution in [0.25, 0.3) is 0 Å². The van der Waals surface area contributed by atoms with Crippen molar-refractivity contribution in [3.63, 3.8) is 0 Å². The normalized spacial score (nSPS) is 18.2. The van der Waals surface area contributed by atoms with Gasteiger partial charge in [-0.25, -0.2) is 0 Å². The van der Waals surface area contributed by atoms with E-state index < -0.39 is 6.29 Å². The van der Waals surface area contributed by atoms with E-state index in [9.17, 15) is 0 Å². The third kappa shape index (κ3) is 4.75. The lowest BCUT2D eigenvalue weighted by molar-refractivity contribution is -0.159. The predicted octanol–water partition coefficient (Wildman–Crippen LogP) is 5.25. The zero-order chi connectivity index (χ0) is 16.6. The first-order chi connectivity index (χ1) is 11.8. The molecule has 24 heavy (non-hydrogen) atoms. The number of ether oxygens (including phenoxy) is 3. The largest absolute Gasteiger partial charge is 0.457 e. The first-order valence-electron chi connectivity index (χ1n) is 8.84. The average molecular weight is 326 g/mol. The molecule has 1 aromatic carbocycles. The Bertz CT molecular complexity index is 562. The minimum Gasteiger partial charge on any atom is -0.457 e. The van der Waals surface area contributed by atoms with E-state index in [1.54, 1.807) is 6.08 Å². The molecule has 128 valence electrons. The molecule has 3 heteroatoms. The second-order valence-electron chi connectivity index (χ2n) is 6.23. The van der Waals surface area contributed by atoms with Gasteiger partial charge in [0.2, 0.25) is 0 Å². The molecule has 0 saturated heterocycles. The van der Waals surface area contributed by atoms with Gasteiger partial charge in [0, 0.05) is 12.8 Å². The third-order valence-corrected chi connectivity index (χ3v) is 4.32. The summed E-state index contributed by atoms with van der Waals surface area (Å²) in [6.07, 6.45) is 11.7. The molecule has 0 N–H and O–H groups in total. The molecule has 0 aliphatic heterocycles. The van der Waals surface area contributed by atoms with E-state index in [1.165, 1.54) is 0 Å². The molecule has 0 spiro atoms. The lowest BCUT2D eigenvalue weighted by Gasteiger charge is -2.27. The van der Waals surface area contributed by atoms with Gasteiger partial charge in [0.25, 0.3) is 6.29 Å². The van der Waals surface area contributed by atoms with Gasteiger partial charge in [0.05, 0.1) is 18.1 Å². The maximum absolute atomic E-state index is 6.12. The molecule has 0 bridgehead atoms. The van der Waals surface area contributed by atoms with E-state index in [2.05, 4.69) is 30.9 Å². The Labute approximate surface area is 144 Å². The van der Waals surface area contributed by atoms with Crippen molar-refractivity contribution in [3.05, 3.63) is 72.2 Å². The van der Waals surface area contributed by atoms with Crippen LogP contribution in [0.3, 0.4) is 0 Å². The standard InChI is InChI=1S/C21H26O3/c1-2-20(22-16-17-10-4-3-5-11-17)21(23-18-12-6-7-13-18)24-19-14-8-9-15-19/h2-5,10-12,14,20-21H,1,6-9,13,15-16H2. The van der Waals surface area contributed by atoms with Crippen LogP contribution in [0.4, 0.5) is 0 Å². The van der Waals surface area contributed by atoms with Crippen LogP contribution in [0.15, 0.2) is 66.7 Å². The van der Waals surface area contributed by atoms with Crippen LogP contribution in [-0.4, -0.2) is 12.4 Å². The van der Waals surface area contributed by atoms with E-state index in [1.807, 2.05) is 18.2 Å². The van der Waals surface area contributed by atoms with E-state index in [4.69, 9.17) is 14.2 Å². The summed E-state index contributed by atoms with van der Waals surface area (Å²) in [6.45, 7) is 4.43. The van der Waals surface area contributed by atoms with Gasteiger partial charge in [-0.3, -0.25) is 0 Å². The summed E-state index contributed by atoms with van der Waals surface area (Å²) in [5.74, 6) is 2.02. The van der Waals surface area contributed by atoms with Crippen molar-refractivity contribution in [1.82, 2.24) is 0 Å². The van der Waals surface area contributed by atoms with Crippen LogP contribution >= 0.6 is 0 Å². The van der Waals surface area contributed by atoms with Gasteiger partial charge in [-0.05, 0) is 43.4 Å². The summed E-state index contributed by atoms with van der Waals surface area (Å²) < 4.78 is 18.3. The summed E-state index contributed by atoms with van der Waals surface area (Å²) in [7, 11) is 0. The van der Waals surface area contributed by atoms with Gasteiger partial charge in [-0.15, -0.1) is 6.58 Å². The van der Waals surface area contributed by atoms with Gasteiger partial charge in [-0.2, -0.15) is 0 Å². The first-order valence-corrected chi connectivity index (χ1v) is 8.84. The summed E-state index contributed by atoms with van der Waals surface area (Å²) in [4.78, 5) is 0. The Morgan fingerprint density at radius 2 is 1.58 bits per heavy atom. The summed E-state index contributed by atoms with van der Waals surface area (Å²) in [6, 6.07) is 10.1. The SMILES string of the molecule is C=CC(OCc1ccccc1)C(OC1=CCCC1)OC1=CCCC1. The van der Waals surface area contributed by atoms with Crippen molar-refractivity contribution in [2.45, 2.75) is 57.5 Å². The molecule has 0 aromatic heterocycles. The molecule has 3 rings (SSSR count). The highest BCUT2D eigenvalue weighted by molar-refractivity contribution is 5.13. The molecule has 3 nitrogen and oxygen atoms in total. The fourth-order valence-electron chi connectivity index (χ4n) is 2.98. The molecular weight excluding hydrogens is 300 g/mol. The van der Waals surface area contributed by atoms with E-state index >= 15 is 0 Å². The van der Waals surface area contributed by atoms with Crippen LogP contribution in [0, 0.1) is 0 Å². The van der Waals surface area contributed by atoms with Gasteiger partial charge in [0.1, 0.15) is 6.10 Å². The first kappa shape index (κ1) is 16.8. The van der Waals surface area contributed by atoms with Crippen LogP contribution in [-0.2, 0) is 20.8 Å². The fraction of sp³-hybridized carbons (Fsp3) is 0.429. The topological polar surface area (TPSA) is 27.7 Å². The number of hydrogen-bond acceptors (Lipinski definition) is 3. The van der Waals surface area contributed by atoms with Crippen molar-refractivity contribution in [2.24, 2.45) is 0 Å². The van der Waals surface area contributed by atoms with Crippen molar-refractivity contribution < 1.29 is 14.2 Å². The van der Waals surface area contributed by atoms with Gasteiger partial charge in [-0.1, -0.05) is 36.4 Å². The van der Waals surface area contributed by atoms with Gasteiger partial charge < -0.3 is 14.2 Å². The minimum atomic E-state index is -0.472. The number of allylic oxidation sites excluding steroid dienone is 4. The average Bonchev–Trinajstić information content (AvgIpc) is 3.30. The predicted molar refractivity (Wildman–Crippen MR) is 95.0 cm³/mol. The second kappa shape index (κ2) is 8.74. The third-order valence-electron chi connectivity index (χ3n) is 4.32. The Morgan fingerprint density at radius 3 is 2.08 bits per heavy atom. The highest BCUT2D eigenvalue weighted by Crippen LogP contribution is 2.27. The van der Waals surface area contributed by atoms with E-state index in [-0.39, 0.29) is 6.10 Å². The Kier molecular flexibility index (Phi) is 6.13. The Morgan fingerprint density at radius 1 is 0.958 bits per heavy atom. The molecule has 0 heterocycles. The Balaban J connectivity index is 1.64. The van der Waals surface area contributed by atoms with E-state index in [0.717, 1.165) is 55.6 Å². The highest BCUT2D eigenvalue weighted by Gasteiger charge is 2.26. The lowest BCUT2D eigenvalue weighted by atomic mass is 10.2. The van der Waals surface area contributed by atoms with Crippen molar-refractivity contribution in [1.29, 1.82) is 0 Å². The number of hydrogen-bond donors (Lipinski definition) is 0. The summed E-state index contributed by atoms with van der Waals surface area (Å²) in [5.41, 5.74) is 1.13. The second-order valence-corrected chi connectivity index (χ2v) is 6.23. The smallest absolute Gasteiger partial charge is 0.269 e. The molecule has 0 radical (unpaired) electrons. The molecular formula is C21H26O3. The van der Waals surface area contributed by atoms with Gasteiger partial charge in [0.15, 0.2) is 0 Å². The fourth-order valence-corrected chi connectivity index (χ4v) is 2.98. The summed E-state index contributed by atoms with van der Waals surface area (Å²) >= 11 is 0. The number of benzene rings is 1. The van der Waals surface area contributed by atoms with Crippen LogP contribution in [0.1, 0.15) is 44.1 Å². The minimum absolute atomic E-state index is 0.312. The maximum atomic E-state index is 6.12. The monoisotopic (exact) mass is 326 g/mol. The van der Waals surface area contributed by atoms with Crippen molar-refractivity contribution >= 4 is 0 Å². The molecule has 0 fully saturated rings. The van der Waals surface area contributed by atoms with Crippen molar-refractivity contribution in [2.75, 3.05) is 0 Å². The maximum Gasteiger partial charge on any atom is 0.269 e. The van der Waals surface area contributed by atoms with Crippen molar-refractivity contribution in [3.8, 4) is 0 Å². The lowest BCUT2D eigenvalue weighted by Crippen LogP contribution is -2.32. The van der Waals surface area contributed by atoms with Crippen LogP contribution in [0.5, 0.6) is 0 Å². The molecule has 1 aromatic rings. The highest BCUT2D eigenvalue weighted by atomic mass is 16.7. The quantitative estimate of drug-likeness (QED) is 0.458. The molecule has 0 saturated carbocycles. The zero-order valence-electron chi connectivity index (χ0n) is 14.2. The summed E-state index contributed by atoms with van der Waals surface area (Å²) in [5, 5.41) is 0. The van der Waals surface area contributed by atoms with E-state index in [0.29, 0.717) is 6.61 Å². The van der Waals surface area contributed by atoms with Gasteiger partial charge >= 0.3 is 0 Å². The zero-order valence-corrected chi connectivity index (χ0v) is 14.2. The molecule has 0 amide bonds.